The molecule has 5 nitrogen and oxygen atoms in total. The summed E-state index contributed by atoms with van der Waals surface area (Å²) in [6.45, 7) is 2.00. The van der Waals surface area contributed by atoms with Gasteiger partial charge in [-0.2, -0.15) is 0 Å². The molecule has 1 aliphatic rings. The number of amides is 1. The minimum atomic E-state index is -0.269. The molecule has 0 unspecified atom stereocenters. The molecular formula is C24H22ClFN4OS. The van der Waals surface area contributed by atoms with E-state index in [1.807, 2.05) is 30.3 Å². The fourth-order valence-corrected chi connectivity index (χ4v) is 5.61. The molecular weight excluding hydrogens is 447 g/mol. The van der Waals surface area contributed by atoms with Crippen molar-refractivity contribution in [3.63, 3.8) is 0 Å². The summed E-state index contributed by atoms with van der Waals surface area (Å²) in [5.41, 5.74) is 1.78. The number of halogens is 2. The molecule has 1 aliphatic heterocycles. The Labute approximate surface area is 194 Å². The monoisotopic (exact) mass is 468 g/mol. The highest BCUT2D eigenvalue weighted by molar-refractivity contribution is 7.26. The van der Waals surface area contributed by atoms with Crippen LogP contribution < -0.4 is 10.2 Å². The Morgan fingerprint density at radius 3 is 2.91 bits per heavy atom. The van der Waals surface area contributed by atoms with E-state index in [0.717, 1.165) is 46.6 Å². The van der Waals surface area contributed by atoms with Gasteiger partial charge < -0.3 is 10.2 Å². The van der Waals surface area contributed by atoms with Gasteiger partial charge in [0.2, 0.25) is 5.91 Å². The average molecular weight is 469 g/mol. The van der Waals surface area contributed by atoms with Crippen LogP contribution in [0.1, 0.15) is 18.4 Å². The van der Waals surface area contributed by atoms with Gasteiger partial charge in [0.15, 0.2) is 0 Å². The highest BCUT2D eigenvalue weighted by Crippen LogP contribution is 2.39. The van der Waals surface area contributed by atoms with E-state index in [4.69, 9.17) is 11.6 Å². The molecule has 1 saturated heterocycles. The van der Waals surface area contributed by atoms with Gasteiger partial charge in [0, 0.05) is 29.4 Å². The molecule has 1 atom stereocenters. The summed E-state index contributed by atoms with van der Waals surface area (Å²) >= 11 is 7.43. The Kier molecular flexibility index (Phi) is 5.93. The smallest absolute Gasteiger partial charge is 0.224 e. The van der Waals surface area contributed by atoms with Crippen LogP contribution in [0.25, 0.3) is 20.3 Å². The van der Waals surface area contributed by atoms with E-state index in [9.17, 15) is 9.18 Å². The number of aromatic nitrogens is 2. The molecule has 0 radical (unpaired) electrons. The number of nitrogens with zero attached hydrogens (tertiary/aromatic N) is 3. The molecule has 1 amide bonds. The second kappa shape index (κ2) is 9.00. The van der Waals surface area contributed by atoms with Crippen molar-refractivity contribution in [2.75, 3.05) is 24.5 Å². The van der Waals surface area contributed by atoms with E-state index < -0.39 is 0 Å². The first-order valence-corrected chi connectivity index (χ1v) is 11.9. The predicted molar refractivity (Wildman–Crippen MR) is 128 cm³/mol. The van der Waals surface area contributed by atoms with Gasteiger partial charge in [0.1, 0.15) is 18.0 Å². The zero-order valence-electron chi connectivity index (χ0n) is 17.4. The molecule has 32 heavy (non-hydrogen) atoms. The van der Waals surface area contributed by atoms with Crippen LogP contribution in [0.3, 0.4) is 0 Å². The summed E-state index contributed by atoms with van der Waals surface area (Å²) in [4.78, 5) is 23.9. The summed E-state index contributed by atoms with van der Waals surface area (Å²) in [6.07, 6.45) is 4.00. The van der Waals surface area contributed by atoms with E-state index in [-0.39, 0.29) is 17.6 Å². The fraction of sp³-hybridized carbons (Fsp3) is 0.292. The lowest BCUT2D eigenvalue weighted by molar-refractivity contribution is -0.125. The van der Waals surface area contributed by atoms with Gasteiger partial charge in [0.05, 0.1) is 21.5 Å². The summed E-state index contributed by atoms with van der Waals surface area (Å²) < 4.78 is 16.2. The molecule has 5 rings (SSSR count). The maximum Gasteiger partial charge on any atom is 0.224 e. The normalized spacial score (nSPS) is 16.6. The Balaban J connectivity index is 1.30. The Morgan fingerprint density at radius 1 is 1.22 bits per heavy atom. The van der Waals surface area contributed by atoms with Gasteiger partial charge in [-0.25, -0.2) is 14.4 Å². The second-order valence-corrected chi connectivity index (χ2v) is 9.53. The molecule has 0 bridgehead atoms. The van der Waals surface area contributed by atoms with Crippen LogP contribution in [0.2, 0.25) is 5.02 Å². The maximum atomic E-state index is 14.4. The van der Waals surface area contributed by atoms with Crippen LogP contribution >= 0.6 is 22.9 Å². The molecule has 4 aromatic rings. The van der Waals surface area contributed by atoms with Crippen LogP contribution in [-0.4, -0.2) is 35.5 Å². The third-order valence-electron chi connectivity index (χ3n) is 5.93. The summed E-state index contributed by atoms with van der Waals surface area (Å²) in [5, 5.41) is 4.33. The van der Waals surface area contributed by atoms with Crippen molar-refractivity contribution in [3.8, 4) is 0 Å². The molecule has 1 fully saturated rings. The van der Waals surface area contributed by atoms with E-state index >= 15 is 0 Å². The number of anilines is 1. The number of nitrogens with one attached hydrogen (secondary N) is 1. The molecule has 0 aliphatic carbocycles. The van der Waals surface area contributed by atoms with Crippen molar-refractivity contribution in [1.29, 1.82) is 0 Å². The molecule has 3 heterocycles. The quantitative estimate of drug-likeness (QED) is 0.436. The Morgan fingerprint density at radius 2 is 2.06 bits per heavy atom. The minimum Gasteiger partial charge on any atom is -0.355 e. The number of carbonyl (C=O) groups excluding carboxylic acids is 1. The van der Waals surface area contributed by atoms with Crippen molar-refractivity contribution < 1.29 is 9.18 Å². The van der Waals surface area contributed by atoms with E-state index in [2.05, 4.69) is 20.2 Å². The van der Waals surface area contributed by atoms with Gasteiger partial charge in [0.25, 0.3) is 0 Å². The van der Waals surface area contributed by atoms with Gasteiger partial charge in [-0.1, -0.05) is 29.8 Å². The first-order chi connectivity index (χ1) is 15.6. The number of thiophene rings is 1. The largest absolute Gasteiger partial charge is 0.355 e. The van der Waals surface area contributed by atoms with Crippen molar-refractivity contribution >= 4 is 55.0 Å². The van der Waals surface area contributed by atoms with Crippen molar-refractivity contribution in [1.82, 2.24) is 15.3 Å². The minimum absolute atomic E-state index is 0.0661. The zero-order chi connectivity index (χ0) is 22.1. The lowest BCUT2D eigenvalue weighted by atomic mass is 9.97. The number of hydrogen-bond donors (Lipinski definition) is 1. The molecule has 0 saturated carbocycles. The molecule has 2 aromatic heterocycles. The predicted octanol–water partition coefficient (Wildman–Crippen LogP) is 5.21. The number of carbonyl (C=O) groups is 1. The molecule has 1 N–H and O–H groups in total. The first kappa shape index (κ1) is 21.1. The van der Waals surface area contributed by atoms with Gasteiger partial charge in [-0.15, -0.1) is 11.3 Å². The zero-order valence-corrected chi connectivity index (χ0v) is 18.9. The van der Waals surface area contributed by atoms with Crippen LogP contribution in [-0.2, 0) is 11.2 Å². The highest BCUT2D eigenvalue weighted by atomic mass is 35.5. The molecule has 164 valence electrons. The number of piperidine rings is 1. The van der Waals surface area contributed by atoms with Crippen LogP contribution in [0.5, 0.6) is 0 Å². The first-order valence-electron chi connectivity index (χ1n) is 10.7. The highest BCUT2D eigenvalue weighted by Gasteiger charge is 2.28. The van der Waals surface area contributed by atoms with Crippen molar-refractivity contribution in [2.45, 2.75) is 19.3 Å². The lowest BCUT2D eigenvalue weighted by Crippen LogP contribution is -2.43. The third kappa shape index (κ3) is 4.14. The van der Waals surface area contributed by atoms with Gasteiger partial charge in [-0.05, 0) is 49.1 Å². The maximum absolute atomic E-state index is 14.4. The number of fused-ring (bicyclic) bond motifs is 3. The summed E-state index contributed by atoms with van der Waals surface area (Å²) in [7, 11) is 0. The van der Waals surface area contributed by atoms with Crippen LogP contribution in [0.15, 0.2) is 48.8 Å². The SMILES string of the molecule is O=C(NCCc1ccc(Cl)cc1)[C@@H]1CCCN(c2ncnc3c2sc2cccc(F)c23)C1. The standard InChI is InChI=1S/C24H22ClFN4OS/c25-17-8-6-15(7-9-17)10-11-27-24(31)16-3-2-12-30(13-16)23-22-21(28-14-29-23)20-18(26)4-1-5-19(20)32-22/h1,4-9,14,16H,2-3,10-13H2,(H,27,31)/t16-/m1/s1. The summed E-state index contributed by atoms with van der Waals surface area (Å²) in [5.74, 6) is 0.477. The number of benzene rings is 2. The lowest BCUT2D eigenvalue weighted by Gasteiger charge is -2.33. The van der Waals surface area contributed by atoms with E-state index in [1.165, 1.54) is 23.7 Å². The second-order valence-electron chi connectivity index (χ2n) is 8.04. The number of rotatable bonds is 5. The number of hydrogen-bond acceptors (Lipinski definition) is 5. The topological polar surface area (TPSA) is 58.1 Å². The van der Waals surface area contributed by atoms with Crippen molar-refractivity contribution in [2.24, 2.45) is 5.92 Å². The Bertz CT molecular complexity index is 1280. The fourth-order valence-electron chi connectivity index (χ4n) is 4.30. The third-order valence-corrected chi connectivity index (χ3v) is 7.32. The summed E-state index contributed by atoms with van der Waals surface area (Å²) in [6, 6.07) is 12.8. The van der Waals surface area contributed by atoms with E-state index in [1.54, 1.807) is 6.07 Å². The average Bonchev–Trinajstić information content (AvgIpc) is 3.20. The van der Waals surface area contributed by atoms with Gasteiger partial charge >= 0.3 is 0 Å². The van der Waals surface area contributed by atoms with Crippen molar-refractivity contribution in [3.05, 3.63) is 65.2 Å². The van der Waals surface area contributed by atoms with E-state index in [0.29, 0.717) is 29.0 Å². The molecule has 8 heteroatoms. The van der Waals surface area contributed by atoms with Crippen LogP contribution in [0, 0.1) is 11.7 Å². The Hall–Kier alpha value is -2.77. The van der Waals surface area contributed by atoms with Crippen LogP contribution in [0.4, 0.5) is 10.2 Å². The molecule has 2 aromatic carbocycles. The van der Waals surface area contributed by atoms with Gasteiger partial charge in [-0.3, -0.25) is 4.79 Å². The molecule has 0 spiro atoms.